The number of benzene rings is 3. The van der Waals surface area contributed by atoms with Crippen molar-refractivity contribution in [2.24, 2.45) is 0 Å². The molecule has 0 bridgehead atoms. The van der Waals surface area contributed by atoms with Crippen molar-refractivity contribution < 1.29 is 27.5 Å². The lowest BCUT2D eigenvalue weighted by Crippen LogP contribution is -2.50. The standard InChI is InChI=1S/C27H24ClN3O6S/c1-2-37-21-8-6-20(7-9-21)31-26(33)23-12-3-18(17-24(23)27(31)34)25(32)29-13-15-30(16-14-29)38(35,36)22-10-4-19(28)5-11-22/h3-12,17H,2,13-16H2,1H3. The van der Waals surface area contributed by atoms with Crippen molar-refractivity contribution in [3.8, 4) is 5.75 Å². The van der Waals surface area contributed by atoms with E-state index in [2.05, 4.69) is 0 Å². The second-order valence-electron chi connectivity index (χ2n) is 8.78. The number of hydrogen-bond donors (Lipinski definition) is 0. The lowest BCUT2D eigenvalue weighted by atomic mass is 10.0. The zero-order valence-electron chi connectivity index (χ0n) is 20.5. The summed E-state index contributed by atoms with van der Waals surface area (Å²) in [5.41, 5.74) is 1.04. The molecule has 0 aliphatic carbocycles. The van der Waals surface area contributed by atoms with Gasteiger partial charge in [0, 0.05) is 36.8 Å². The van der Waals surface area contributed by atoms with Crippen LogP contribution in [0.3, 0.4) is 0 Å². The minimum atomic E-state index is -3.71. The number of nitrogens with zero attached hydrogens (tertiary/aromatic N) is 3. The molecule has 2 aliphatic heterocycles. The monoisotopic (exact) mass is 553 g/mol. The predicted octanol–water partition coefficient (Wildman–Crippen LogP) is 3.69. The van der Waals surface area contributed by atoms with E-state index in [1.807, 2.05) is 6.92 Å². The summed E-state index contributed by atoms with van der Waals surface area (Å²) in [5, 5.41) is 0.441. The van der Waals surface area contributed by atoms with Crippen LogP contribution >= 0.6 is 11.6 Å². The maximum absolute atomic E-state index is 13.2. The molecule has 0 N–H and O–H groups in total. The van der Waals surface area contributed by atoms with Gasteiger partial charge in [-0.2, -0.15) is 4.31 Å². The number of sulfonamides is 1. The Bertz CT molecular complexity index is 1520. The van der Waals surface area contributed by atoms with E-state index in [0.29, 0.717) is 23.1 Å². The van der Waals surface area contributed by atoms with Gasteiger partial charge in [0.05, 0.1) is 28.3 Å². The molecule has 1 saturated heterocycles. The number of ether oxygens (including phenoxy) is 1. The quantitative estimate of drug-likeness (QED) is 0.431. The molecule has 0 radical (unpaired) electrons. The summed E-state index contributed by atoms with van der Waals surface area (Å²) in [6, 6.07) is 17.0. The highest BCUT2D eigenvalue weighted by molar-refractivity contribution is 7.89. The first-order chi connectivity index (χ1) is 18.2. The molecule has 0 saturated carbocycles. The number of halogens is 1. The summed E-state index contributed by atoms with van der Waals surface area (Å²) in [6.45, 7) is 2.99. The molecule has 196 valence electrons. The van der Waals surface area contributed by atoms with Gasteiger partial charge in [0.25, 0.3) is 17.7 Å². The van der Waals surface area contributed by atoms with Gasteiger partial charge in [0.15, 0.2) is 0 Å². The van der Waals surface area contributed by atoms with Crippen LogP contribution in [-0.4, -0.2) is 68.1 Å². The van der Waals surface area contributed by atoms with Gasteiger partial charge in [0.1, 0.15) is 5.75 Å². The Labute approximate surface area is 225 Å². The Morgan fingerprint density at radius 1 is 0.868 bits per heavy atom. The van der Waals surface area contributed by atoms with Crippen LogP contribution in [0, 0.1) is 0 Å². The molecule has 1 fully saturated rings. The van der Waals surface area contributed by atoms with Crippen LogP contribution in [0.4, 0.5) is 5.69 Å². The summed E-state index contributed by atoms with van der Waals surface area (Å²) in [4.78, 5) is 42.1. The smallest absolute Gasteiger partial charge is 0.266 e. The molecule has 5 rings (SSSR count). The van der Waals surface area contributed by atoms with Crippen LogP contribution in [0.2, 0.25) is 5.02 Å². The third-order valence-electron chi connectivity index (χ3n) is 6.52. The van der Waals surface area contributed by atoms with Crippen LogP contribution in [0.25, 0.3) is 0 Å². The molecule has 3 aromatic rings. The molecule has 38 heavy (non-hydrogen) atoms. The average Bonchev–Trinajstić information content (AvgIpc) is 3.18. The Morgan fingerprint density at radius 2 is 1.50 bits per heavy atom. The van der Waals surface area contributed by atoms with Crippen LogP contribution in [-0.2, 0) is 10.0 Å². The van der Waals surface area contributed by atoms with Crippen LogP contribution in [0.5, 0.6) is 5.75 Å². The van der Waals surface area contributed by atoms with E-state index in [-0.39, 0.29) is 53.7 Å². The Kier molecular flexibility index (Phi) is 6.95. The van der Waals surface area contributed by atoms with Gasteiger partial charge in [-0.3, -0.25) is 14.4 Å². The van der Waals surface area contributed by atoms with Gasteiger partial charge >= 0.3 is 0 Å². The number of piperazine rings is 1. The first kappa shape index (κ1) is 25.9. The number of carbonyl (C=O) groups excluding carboxylic acids is 3. The maximum Gasteiger partial charge on any atom is 0.266 e. The van der Waals surface area contributed by atoms with Crippen molar-refractivity contribution in [1.82, 2.24) is 9.21 Å². The highest BCUT2D eigenvalue weighted by atomic mass is 35.5. The molecular weight excluding hydrogens is 530 g/mol. The van der Waals surface area contributed by atoms with E-state index < -0.39 is 21.8 Å². The molecule has 0 unspecified atom stereocenters. The van der Waals surface area contributed by atoms with E-state index in [4.69, 9.17) is 16.3 Å². The van der Waals surface area contributed by atoms with Gasteiger partial charge in [0.2, 0.25) is 10.0 Å². The van der Waals surface area contributed by atoms with Gasteiger partial charge < -0.3 is 9.64 Å². The molecule has 11 heteroatoms. The summed E-state index contributed by atoms with van der Waals surface area (Å²) < 4.78 is 32.6. The number of carbonyl (C=O) groups is 3. The minimum Gasteiger partial charge on any atom is -0.494 e. The molecule has 3 aromatic carbocycles. The highest BCUT2D eigenvalue weighted by Gasteiger charge is 2.38. The summed E-state index contributed by atoms with van der Waals surface area (Å²) in [6.07, 6.45) is 0. The fraction of sp³-hybridized carbons (Fsp3) is 0.222. The molecule has 2 aliphatic rings. The molecule has 2 heterocycles. The third-order valence-corrected chi connectivity index (χ3v) is 8.68. The molecule has 0 spiro atoms. The number of anilines is 1. The van der Waals surface area contributed by atoms with Crippen LogP contribution in [0.15, 0.2) is 71.6 Å². The largest absolute Gasteiger partial charge is 0.494 e. The summed E-state index contributed by atoms with van der Waals surface area (Å²) in [5.74, 6) is -0.685. The SMILES string of the molecule is CCOc1ccc(N2C(=O)c3ccc(C(=O)N4CCN(S(=O)(=O)c5ccc(Cl)cc5)CC4)cc3C2=O)cc1. The zero-order valence-corrected chi connectivity index (χ0v) is 22.0. The van der Waals surface area contributed by atoms with Gasteiger partial charge in [-0.15, -0.1) is 0 Å². The lowest BCUT2D eigenvalue weighted by Gasteiger charge is -2.34. The number of rotatable bonds is 6. The fourth-order valence-electron chi connectivity index (χ4n) is 4.54. The van der Waals surface area contributed by atoms with Crippen molar-refractivity contribution in [3.63, 3.8) is 0 Å². The van der Waals surface area contributed by atoms with Crippen molar-refractivity contribution in [3.05, 3.63) is 88.4 Å². The van der Waals surface area contributed by atoms with Gasteiger partial charge in [-0.05, 0) is 73.7 Å². The number of imide groups is 1. The van der Waals surface area contributed by atoms with E-state index in [1.54, 1.807) is 29.2 Å². The van der Waals surface area contributed by atoms with Crippen LogP contribution < -0.4 is 9.64 Å². The number of amides is 3. The van der Waals surface area contributed by atoms with E-state index in [0.717, 1.165) is 4.90 Å². The number of fused-ring (bicyclic) bond motifs is 1. The van der Waals surface area contributed by atoms with Gasteiger partial charge in [-0.25, -0.2) is 13.3 Å². The van der Waals surface area contributed by atoms with E-state index in [1.165, 1.54) is 46.8 Å². The molecular formula is C27H24ClN3O6S. The third kappa shape index (κ3) is 4.66. The van der Waals surface area contributed by atoms with E-state index in [9.17, 15) is 22.8 Å². The molecule has 3 amide bonds. The van der Waals surface area contributed by atoms with E-state index >= 15 is 0 Å². The first-order valence-corrected chi connectivity index (χ1v) is 13.8. The summed E-state index contributed by atoms with van der Waals surface area (Å²) >= 11 is 5.87. The lowest BCUT2D eigenvalue weighted by molar-refractivity contribution is 0.0697. The van der Waals surface area contributed by atoms with Crippen molar-refractivity contribution >= 4 is 45.0 Å². The molecule has 0 atom stereocenters. The second-order valence-corrected chi connectivity index (χ2v) is 11.2. The highest BCUT2D eigenvalue weighted by Crippen LogP contribution is 2.31. The van der Waals surface area contributed by atoms with Gasteiger partial charge in [-0.1, -0.05) is 11.6 Å². The average molecular weight is 554 g/mol. The fourth-order valence-corrected chi connectivity index (χ4v) is 6.08. The second kappa shape index (κ2) is 10.2. The predicted molar refractivity (Wildman–Crippen MR) is 141 cm³/mol. The van der Waals surface area contributed by atoms with Crippen molar-refractivity contribution in [2.45, 2.75) is 11.8 Å². The van der Waals surface area contributed by atoms with Crippen molar-refractivity contribution in [1.29, 1.82) is 0 Å². The topological polar surface area (TPSA) is 104 Å². The Hall–Kier alpha value is -3.73. The Balaban J connectivity index is 1.29. The molecule has 0 aromatic heterocycles. The van der Waals surface area contributed by atoms with Crippen molar-refractivity contribution in [2.75, 3.05) is 37.7 Å². The number of hydrogen-bond acceptors (Lipinski definition) is 6. The first-order valence-electron chi connectivity index (χ1n) is 12.0. The zero-order chi connectivity index (χ0) is 27.0. The normalized spacial score (nSPS) is 16.1. The summed E-state index contributed by atoms with van der Waals surface area (Å²) in [7, 11) is -3.71. The molecule has 9 nitrogen and oxygen atoms in total. The Morgan fingerprint density at radius 3 is 2.13 bits per heavy atom. The van der Waals surface area contributed by atoms with Crippen LogP contribution in [0.1, 0.15) is 38.0 Å². The maximum atomic E-state index is 13.2. The minimum absolute atomic E-state index is 0.130.